The SMILES string of the molecule is Cc1ccccc1NC(=O)CSC1=Nc2ccccc2C2=N[C@H](CC(=O)NCc3cccs3)C(=O)N12. The molecule has 0 saturated carbocycles. The lowest BCUT2D eigenvalue weighted by Crippen LogP contribution is -2.42. The van der Waals surface area contributed by atoms with Gasteiger partial charge in [-0.2, -0.15) is 0 Å². The Labute approximate surface area is 216 Å². The summed E-state index contributed by atoms with van der Waals surface area (Å²) in [6, 6.07) is 18.0. The maximum absolute atomic E-state index is 13.3. The van der Waals surface area contributed by atoms with Gasteiger partial charge in [-0.1, -0.05) is 48.2 Å². The normalized spacial score (nSPS) is 16.1. The van der Waals surface area contributed by atoms with Gasteiger partial charge in [0.15, 0.2) is 5.17 Å². The van der Waals surface area contributed by atoms with E-state index < -0.39 is 6.04 Å². The van der Waals surface area contributed by atoms with Crippen LogP contribution in [0.15, 0.2) is 76.0 Å². The molecule has 5 rings (SSSR count). The van der Waals surface area contributed by atoms with Crippen molar-refractivity contribution in [2.75, 3.05) is 11.1 Å². The van der Waals surface area contributed by atoms with Crippen LogP contribution in [0.5, 0.6) is 0 Å². The van der Waals surface area contributed by atoms with Gasteiger partial charge in [0.05, 0.1) is 24.4 Å². The van der Waals surface area contributed by atoms with Crippen molar-refractivity contribution in [3.63, 3.8) is 0 Å². The molecular formula is C26H23N5O3S2. The van der Waals surface area contributed by atoms with Gasteiger partial charge in [0, 0.05) is 16.1 Å². The number of nitrogens with zero attached hydrogens (tertiary/aromatic N) is 3. The monoisotopic (exact) mass is 517 g/mol. The van der Waals surface area contributed by atoms with Gasteiger partial charge in [-0.15, -0.1) is 11.3 Å². The van der Waals surface area contributed by atoms with Crippen LogP contribution >= 0.6 is 23.1 Å². The Kier molecular flexibility index (Phi) is 6.97. The standard InChI is InChI=1S/C26H23N5O3S2/c1-16-7-2-4-10-19(16)28-23(33)15-36-26-30-20-11-5-3-9-18(20)24-29-21(25(34)31(24)26)13-22(32)27-14-17-8-6-12-35-17/h2-12,21H,13-15H2,1H3,(H,27,32)(H,28,33)/t21-/m1/s1. The number of fused-ring (bicyclic) bond motifs is 3. The number of nitrogens with one attached hydrogen (secondary N) is 2. The average Bonchev–Trinajstić information content (AvgIpc) is 3.51. The highest BCUT2D eigenvalue weighted by Gasteiger charge is 2.42. The van der Waals surface area contributed by atoms with Crippen molar-refractivity contribution in [1.29, 1.82) is 0 Å². The van der Waals surface area contributed by atoms with Crippen LogP contribution in [0.4, 0.5) is 11.4 Å². The number of anilines is 1. The molecule has 0 bridgehead atoms. The zero-order chi connectivity index (χ0) is 25.1. The van der Waals surface area contributed by atoms with Gasteiger partial charge in [0.25, 0.3) is 5.91 Å². The molecule has 36 heavy (non-hydrogen) atoms. The van der Waals surface area contributed by atoms with E-state index in [1.165, 1.54) is 16.7 Å². The molecule has 2 aliphatic rings. The summed E-state index contributed by atoms with van der Waals surface area (Å²) in [5.41, 5.74) is 3.10. The summed E-state index contributed by atoms with van der Waals surface area (Å²) in [7, 11) is 0. The maximum Gasteiger partial charge on any atom is 0.259 e. The molecule has 1 aromatic heterocycles. The fraction of sp³-hybridized carbons (Fsp3) is 0.192. The Bertz CT molecular complexity index is 1380. The summed E-state index contributed by atoms with van der Waals surface area (Å²) in [5, 5.41) is 8.08. The van der Waals surface area contributed by atoms with E-state index in [2.05, 4.69) is 20.6 Å². The van der Waals surface area contributed by atoms with Crippen molar-refractivity contribution in [3.05, 3.63) is 82.0 Å². The lowest BCUT2D eigenvalue weighted by molar-refractivity contribution is -0.128. The minimum Gasteiger partial charge on any atom is -0.351 e. The van der Waals surface area contributed by atoms with Gasteiger partial charge in [-0.25, -0.2) is 9.89 Å². The van der Waals surface area contributed by atoms with Crippen molar-refractivity contribution in [2.24, 2.45) is 9.98 Å². The van der Waals surface area contributed by atoms with E-state index in [0.29, 0.717) is 23.2 Å². The van der Waals surface area contributed by atoms with E-state index in [1.807, 2.05) is 73.0 Å². The first-order valence-electron chi connectivity index (χ1n) is 11.4. The summed E-state index contributed by atoms with van der Waals surface area (Å²) in [6.45, 7) is 2.34. The second-order valence-corrected chi connectivity index (χ2v) is 10.2. The van der Waals surface area contributed by atoms with Crippen molar-refractivity contribution in [3.8, 4) is 0 Å². The number of rotatable bonds is 7. The van der Waals surface area contributed by atoms with Crippen LogP contribution in [0.1, 0.15) is 22.4 Å². The summed E-state index contributed by atoms with van der Waals surface area (Å²) in [5.74, 6) is -0.244. The molecule has 0 spiro atoms. The summed E-state index contributed by atoms with van der Waals surface area (Å²) in [4.78, 5) is 50.3. The highest BCUT2D eigenvalue weighted by molar-refractivity contribution is 8.14. The van der Waals surface area contributed by atoms with Gasteiger partial charge in [-0.3, -0.25) is 19.4 Å². The highest BCUT2D eigenvalue weighted by atomic mass is 32.2. The number of carbonyl (C=O) groups excluding carboxylic acids is 3. The first-order valence-corrected chi connectivity index (χ1v) is 13.2. The van der Waals surface area contributed by atoms with E-state index in [0.717, 1.165) is 21.7 Å². The zero-order valence-electron chi connectivity index (χ0n) is 19.4. The fourth-order valence-corrected chi connectivity index (χ4v) is 5.35. The van der Waals surface area contributed by atoms with Gasteiger partial charge in [0.1, 0.15) is 11.9 Å². The number of carbonyl (C=O) groups is 3. The van der Waals surface area contributed by atoms with E-state index in [1.54, 1.807) is 11.3 Å². The Balaban J connectivity index is 1.30. The van der Waals surface area contributed by atoms with Gasteiger partial charge < -0.3 is 10.6 Å². The van der Waals surface area contributed by atoms with Crippen molar-refractivity contribution < 1.29 is 14.4 Å². The molecule has 3 heterocycles. The third-order valence-electron chi connectivity index (χ3n) is 5.72. The van der Waals surface area contributed by atoms with Gasteiger partial charge in [0.2, 0.25) is 11.8 Å². The summed E-state index contributed by atoms with van der Waals surface area (Å²) >= 11 is 2.72. The number of amidine groups is 2. The van der Waals surface area contributed by atoms with Crippen LogP contribution in [0.25, 0.3) is 0 Å². The largest absolute Gasteiger partial charge is 0.351 e. The van der Waals surface area contributed by atoms with Crippen LogP contribution < -0.4 is 10.6 Å². The third-order valence-corrected chi connectivity index (χ3v) is 7.53. The van der Waals surface area contributed by atoms with Crippen LogP contribution in [-0.4, -0.2) is 45.4 Å². The maximum atomic E-state index is 13.3. The second kappa shape index (κ2) is 10.5. The fourth-order valence-electron chi connectivity index (χ4n) is 3.91. The molecule has 0 unspecified atom stereocenters. The molecule has 0 radical (unpaired) electrons. The second-order valence-electron chi connectivity index (χ2n) is 8.27. The van der Waals surface area contributed by atoms with E-state index in [-0.39, 0.29) is 29.9 Å². The van der Waals surface area contributed by atoms with Gasteiger partial charge in [-0.05, 0) is 42.1 Å². The minimum absolute atomic E-state index is 0.0574. The Hall–Kier alpha value is -3.76. The Morgan fingerprint density at radius 1 is 1.06 bits per heavy atom. The zero-order valence-corrected chi connectivity index (χ0v) is 21.1. The number of thiophene rings is 1. The van der Waals surface area contributed by atoms with Crippen molar-refractivity contribution in [2.45, 2.75) is 25.9 Å². The predicted octanol–water partition coefficient (Wildman–Crippen LogP) is 4.09. The highest BCUT2D eigenvalue weighted by Crippen LogP contribution is 2.34. The molecule has 182 valence electrons. The number of aryl methyl sites for hydroxylation is 1. The number of aliphatic imine (C=N–C) groups is 2. The third kappa shape index (κ3) is 5.09. The number of para-hydroxylation sites is 2. The van der Waals surface area contributed by atoms with Crippen LogP contribution in [0.2, 0.25) is 0 Å². The first-order chi connectivity index (χ1) is 17.5. The Morgan fingerprint density at radius 3 is 2.67 bits per heavy atom. The van der Waals surface area contributed by atoms with Crippen LogP contribution in [0, 0.1) is 6.92 Å². The molecular weight excluding hydrogens is 494 g/mol. The smallest absolute Gasteiger partial charge is 0.259 e. The molecule has 2 aliphatic heterocycles. The van der Waals surface area contributed by atoms with E-state index in [9.17, 15) is 14.4 Å². The molecule has 8 nitrogen and oxygen atoms in total. The topological polar surface area (TPSA) is 103 Å². The molecule has 0 saturated heterocycles. The summed E-state index contributed by atoms with van der Waals surface area (Å²) in [6.07, 6.45) is -0.0574. The van der Waals surface area contributed by atoms with Crippen molar-refractivity contribution in [1.82, 2.24) is 10.2 Å². The molecule has 0 fully saturated rings. The number of amides is 3. The molecule has 0 aliphatic carbocycles. The molecule has 10 heteroatoms. The molecule has 1 atom stereocenters. The van der Waals surface area contributed by atoms with Crippen LogP contribution in [-0.2, 0) is 20.9 Å². The summed E-state index contributed by atoms with van der Waals surface area (Å²) < 4.78 is 0. The molecule has 2 N–H and O–H groups in total. The van der Waals surface area contributed by atoms with Crippen molar-refractivity contribution >= 4 is 63.2 Å². The lowest BCUT2D eigenvalue weighted by atomic mass is 10.1. The minimum atomic E-state index is -0.846. The number of thioether (sulfide) groups is 1. The molecule has 2 aromatic carbocycles. The predicted molar refractivity (Wildman–Crippen MR) is 144 cm³/mol. The van der Waals surface area contributed by atoms with Gasteiger partial charge >= 0.3 is 0 Å². The first kappa shape index (κ1) is 24.0. The number of hydrogen-bond donors (Lipinski definition) is 2. The molecule has 3 aromatic rings. The number of hydrogen-bond acceptors (Lipinski definition) is 7. The van der Waals surface area contributed by atoms with E-state index >= 15 is 0 Å². The number of benzene rings is 2. The van der Waals surface area contributed by atoms with Crippen LogP contribution in [0.3, 0.4) is 0 Å². The molecule has 3 amide bonds. The lowest BCUT2D eigenvalue weighted by Gasteiger charge is -2.25. The van der Waals surface area contributed by atoms with E-state index in [4.69, 9.17) is 0 Å². The Morgan fingerprint density at radius 2 is 1.86 bits per heavy atom. The average molecular weight is 518 g/mol. The quantitative estimate of drug-likeness (QED) is 0.493.